The van der Waals surface area contributed by atoms with E-state index in [4.69, 9.17) is 16.3 Å². The van der Waals surface area contributed by atoms with Crippen molar-refractivity contribution in [1.82, 2.24) is 0 Å². The zero-order valence-electron chi connectivity index (χ0n) is 12.3. The lowest BCUT2D eigenvalue weighted by atomic mass is 10.1. The lowest BCUT2D eigenvalue weighted by molar-refractivity contribution is -0.131. The van der Waals surface area contributed by atoms with Crippen molar-refractivity contribution < 1.29 is 18.3 Å². The molecule has 3 aromatic rings. The quantitative estimate of drug-likeness (QED) is 0.349. The lowest BCUT2D eigenvalue weighted by Crippen LogP contribution is -2.11. The standard InChI is InChI=1S/C18H11ClF2O2S/c19-14-6-8-17(13-4-2-1-3-12(13)14)23-18(22)10-24-11-5-7-15(20)16(21)9-11/h1-9H,10H2. The number of carbonyl (C=O) groups is 1. The molecular weight excluding hydrogens is 354 g/mol. The number of hydrogen-bond acceptors (Lipinski definition) is 3. The molecule has 0 aliphatic carbocycles. The van der Waals surface area contributed by atoms with Crippen LogP contribution in [0, 0.1) is 11.6 Å². The first kappa shape index (κ1) is 16.7. The second-order valence-electron chi connectivity index (χ2n) is 4.93. The molecule has 0 radical (unpaired) electrons. The Hall–Kier alpha value is -2.11. The Morgan fingerprint density at radius 3 is 2.50 bits per heavy atom. The van der Waals surface area contributed by atoms with Gasteiger partial charge in [0, 0.05) is 20.7 Å². The highest BCUT2D eigenvalue weighted by molar-refractivity contribution is 8.00. The number of benzene rings is 3. The van der Waals surface area contributed by atoms with Gasteiger partial charge in [-0.3, -0.25) is 4.79 Å². The Kier molecular flexibility index (Phi) is 5.02. The summed E-state index contributed by atoms with van der Waals surface area (Å²) in [6.45, 7) is 0. The minimum absolute atomic E-state index is 0.0258. The van der Waals surface area contributed by atoms with Gasteiger partial charge in [0.2, 0.25) is 0 Å². The third kappa shape index (κ3) is 3.68. The van der Waals surface area contributed by atoms with E-state index >= 15 is 0 Å². The maximum atomic E-state index is 13.1. The van der Waals surface area contributed by atoms with Gasteiger partial charge in [-0.2, -0.15) is 0 Å². The number of thioether (sulfide) groups is 1. The zero-order chi connectivity index (χ0) is 17.1. The number of hydrogen-bond donors (Lipinski definition) is 0. The maximum absolute atomic E-state index is 13.1. The van der Waals surface area contributed by atoms with Crippen LogP contribution < -0.4 is 4.74 Å². The van der Waals surface area contributed by atoms with E-state index in [-0.39, 0.29) is 5.75 Å². The van der Waals surface area contributed by atoms with E-state index in [9.17, 15) is 13.6 Å². The average Bonchev–Trinajstić information content (AvgIpc) is 2.59. The first-order chi connectivity index (χ1) is 11.5. The van der Waals surface area contributed by atoms with Crippen molar-refractivity contribution in [3.8, 4) is 5.75 Å². The summed E-state index contributed by atoms with van der Waals surface area (Å²) in [5, 5.41) is 2.09. The van der Waals surface area contributed by atoms with Gasteiger partial charge >= 0.3 is 5.97 Å². The summed E-state index contributed by atoms with van der Waals surface area (Å²) >= 11 is 7.20. The Labute approximate surface area is 146 Å². The monoisotopic (exact) mass is 364 g/mol. The third-order valence-electron chi connectivity index (χ3n) is 3.30. The van der Waals surface area contributed by atoms with Crippen LogP contribution in [0.2, 0.25) is 5.02 Å². The summed E-state index contributed by atoms with van der Waals surface area (Å²) in [6, 6.07) is 14.1. The van der Waals surface area contributed by atoms with Crippen LogP contribution in [0.15, 0.2) is 59.5 Å². The number of rotatable bonds is 4. The van der Waals surface area contributed by atoms with Crippen molar-refractivity contribution in [1.29, 1.82) is 0 Å². The summed E-state index contributed by atoms with van der Waals surface area (Å²) in [5.41, 5.74) is 0. The highest BCUT2D eigenvalue weighted by Crippen LogP contribution is 2.31. The molecule has 0 fully saturated rings. The molecular formula is C18H11ClF2O2S. The van der Waals surface area contributed by atoms with Crippen molar-refractivity contribution >= 4 is 40.1 Å². The predicted molar refractivity (Wildman–Crippen MR) is 91.7 cm³/mol. The largest absolute Gasteiger partial charge is 0.425 e. The normalized spacial score (nSPS) is 10.8. The second kappa shape index (κ2) is 7.20. The van der Waals surface area contributed by atoms with Gasteiger partial charge in [-0.1, -0.05) is 35.9 Å². The van der Waals surface area contributed by atoms with Crippen LogP contribution >= 0.6 is 23.4 Å². The van der Waals surface area contributed by atoms with Gasteiger partial charge in [0.1, 0.15) is 5.75 Å². The molecule has 0 heterocycles. The van der Waals surface area contributed by atoms with E-state index in [1.54, 1.807) is 12.1 Å². The maximum Gasteiger partial charge on any atom is 0.321 e. The van der Waals surface area contributed by atoms with E-state index in [0.717, 1.165) is 34.7 Å². The first-order valence-electron chi connectivity index (χ1n) is 7.00. The minimum Gasteiger partial charge on any atom is -0.425 e. The molecule has 24 heavy (non-hydrogen) atoms. The number of carbonyl (C=O) groups excluding carboxylic acids is 1. The van der Waals surface area contributed by atoms with E-state index in [2.05, 4.69) is 0 Å². The molecule has 0 unspecified atom stereocenters. The molecule has 0 spiro atoms. The van der Waals surface area contributed by atoms with Crippen molar-refractivity contribution in [3.05, 3.63) is 71.3 Å². The van der Waals surface area contributed by atoms with E-state index in [1.165, 1.54) is 6.07 Å². The summed E-state index contributed by atoms with van der Waals surface area (Å²) in [6.07, 6.45) is 0. The average molecular weight is 365 g/mol. The summed E-state index contributed by atoms with van der Waals surface area (Å²) in [4.78, 5) is 12.5. The van der Waals surface area contributed by atoms with Gasteiger partial charge in [0.15, 0.2) is 11.6 Å². The molecule has 2 nitrogen and oxygen atoms in total. The van der Waals surface area contributed by atoms with Crippen LogP contribution in [0.1, 0.15) is 0 Å². The first-order valence-corrected chi connectivity index (χ1v) is 8.37. The number of fused-ring (bicyclic) bond motifs is 1. The fourth-order valence-electron chi connectivity index (χ4n) is 2.18. The van der Waals surface area contributed by atoms with Crippen LogP contribution in [0.25, 0.3) is 10.8 Å². The molecule has 0 aromatic heterocycles. The van der Waals surface area contributed by atoms with E-state index in [0.29, 0.717) is 15.7 Å². The topological polar surface area (TPSA) is 26.3 Å². The Balaban J connectivity index is 1.71. The van der Waals surface area contributed by atoms with Crippen molar-refractivity contribution in [3.63, 3.8) is 0 Å². The van der Waals surface area contributed by atoms with Crippen LogP contribution in [0.5, 0.6) is 5.75 Å². The summed E-state index contributed by atoms with van der Waals surface area (Å²) in [5.74, 6) is -1.98. The lowest BCUT2D eigenvalue weighted by Gasteiger charge is -2.09. The van der Waals surface area contributed by atoms with Gasteiger partial charge < -0.3 is 4.74 Å². The van der Waals surface area contributed by atoms with Gasteiger partial charge in [-0.15, -0.1) is 11.8 Å². The molecule has 3 rings (SSSR count). The molecule has 0 aliphatic heterocycles. The smallest absolute Gasteiger partial charge is 0.321 e. The zero-order valence-corrected chi connectivity index (χ0v) is 13.8. The van der Waals surface area contributed by atoms with Crippen LogP contribution in [0.4, 0.5) is 8.78 Å². The summed E-state index contributed by atoms with van der Waals surface area (Å²) < 4.78 is 31.4. The minimum atomic E-state index is -0.947. The molecule has 0 saturated heterocycles. The molecule has 0 aliphatic rings. The number of ether oxygens (including phenoxy) is 1. The molecule has 122 valence electrons. The molecule has 0 amide bonds. The van der Waals surface area contributed by atoms with Gasteiger partial charge in [-0.05, 0) is 30.3 Å². The van der Waals surface area contributed by atoms with Crippen molar-refractivity contribution in [2.45, 2.75) is 4.90 Å². The second-order valence-corrected chi connectivity index (χ2v) is 6.39. The summed E-state index contributed by atoms with van der Waals surface area (Å²) in [7, 11) is 0. The van der Waals surface area contributed by atoms with E-state index < -0.39 is 17.6 Å². The van der Waals surface area contributed by atoms with Crippen molar-refractivity contribution in [2.75, 3.05) is 5.75 Å². The molecule has 0 atom stereocenters. The Morgan fingerprint density at radius 1 is 1.00 bits per heavy atom. The predicted octanol–water partition coefficient (Wildman–Crippen LogP) is 5.47. The SMILES string of the molecule is O=C(CSc1ccc(F)c(F)c1)Oc1ccc(Cl)c2ccccc12. The molecule has 6 heteroatoms. The molecule has 3 aromatic carbocycles. The van der Waals surface area contributed by atoms with E-state index in [1.807, 2.05) is 24.3 Å². The van der Waals surface area contributed by atoms with Crippen LogP contribution in [-0.4, -0.2) is 11.7 Å². The van der Waals surface area contributed by atoms with Crippen LogP contribution in [0.3, 0.4) is 0 Å². The molecule has 0 N–H and O–H groups in total. The highest BCUT2D eigenvalue weighted by Gasteiger charge is 2.11. The Bertz CT molecular complexity index is 915. The third-order valence-corrected chi connectivity index (χ3v) is 4.60. The van der Waals surface area contributed by atoms with Gasteiger partial charge in [-0.25, -0.2) is 8.78 Å². The molecule has 0 saturated carbocycles. The highest BCUT2D eigenvalue weighted by atomic mass is 35.5. The van der Waals surface area contributed by atoms with Gasteiger partial charge in [0.05, 0.1) is 5.75 Å². The molecule has 0 bridgehead atoms. The number of esters is 1. The van der Waals surface area contributed by atoms with Gasteiger partial charge in [0.25, 0.3) is 0 Å². The number of halogens is 3. The fraction of sp³-hybridized carbons (Fsp3) is 0.0556. The van der Waals surface area contributed by atoms with Crippen molar-refractivity contribution in [2.24, 2.45) is 0 Å². The Morgan fingerprint density at radius 2 is 1.75 bits per heavy atom. The fourth-order valence-corrected chi connectivity index (χ4v) is 3.11. The van der Waals surface area contributed by atoms with Crippen LogP contribution in [-0.2, 0) is 4.79 Å².